The van der Waals surface area contributed by atoms with Gasteiger partial charge in [-0.2, -0.15) is 0 Å². The maximum atomic E-state index is 13.4. The Hall–Kier alpha value is -2.68. The Morgan fingerprint density at radius 3 is 2.52 bits per heavy atom. The van der Waals surface area contributed by atoms with Gasteiger partial charge in [-0.1, -0.05) is 6.07 Å². The number of nitrogens with zero attached hydrogens (tertiary/aromatic N) is 3. The number of benzene rings is 1. The van der Waals surface area contributed by atoms with E-state index in [1.807, 2.05) is 0 Å². The first-order valence-corrected chi connectivity index (χ1v) is 8.77. The molecule has 9 heteroatoms. The van der Waals surface area contributed by atoms with Crippen LogP contribution in [0.5, 0.6) is 0 Å². The molecule has 1 aromatic carbocycles. The number of ether oxygens (including phenoxy) is 2. The minimum Gasteiger partial charge on any atom is -0.467 e. The van der Waals surface area contributed by atoms with Crippen LogP contribution in [0.4, 0.5) is 9.18 Å². The fourth-order valence-corrected chi connectivity index (χ4v) is 3.27. The highest BCUT2D eigenvalue weighted by molar-refractivity contribution is 5.95. The monoisotopic (exact) mass is 379 g/mol. The third kappa shape index (κ3) is 4.19. The number of rotatable bonds is 2. The number of urea groups is 1. The van der Waals surface area contributed by atoms with Gasteiger partial charge in [-0.05, 0) is 18.2 Å². The van der Waals surface area contributed by atoms with Crippen LogP contribution in [0.2, 0.25) is 0 Å². The Balaban J connectivity index is 1.75. The minimum absolute atomic E-state index is 0.00188. The van der Waals surface area contributed by atoms with Crippen molar-refractivity contribution >= 4 is 17.9 Å². The van der Waals surface area contributed by atoms with E-state index < -0.39 is 17.8 Å². The predicted molar refractivity (Wildman–Crippen MR) is 92.6 cm³/mol. The van der Waals surface area contributed by atoms with E-state index in [2.05, 4.69) is 0 Å². The summed E-state index contributed by atoms with van der Waals surface area (Å²) in [5, 5.41) is 0. The van der Waals surface area contributed by atoms with Crippen LogP contribution in [-0.2, 0) is 14.3 Å². The molecule has 2 fully saturated rings. The van der Waals surface area contributed by atoms with Crippen LogP contribution in [0.3, 0.4) is 0 Å². The van der Waals surface area contributed by atoms with Gasteiger partial charge in [0.2, 0.25) is 0 Å². The molecule has 0 radical (unpaired) electrons. The Kier molecular flexibility index (Phi) is 5.90. The number of carbonyl (C=O) groups is 3. The second kappa shape index (κ2) is 8.34. The van der Waals surface area contributed by atoms with E-state index in [9.17, 15) is 18.8 Å². The second-order valence-corrected chi connectivity index (χ2v) is 6.38. The number of morpholine rings is 1. The van der Waals surface area contributed by atoms with E-state index in [-0.39, 0.29) is 37.1 Å². The largest absolute Gasteiger partial charge is 0.467 e. The van der Waals surface area contributed by atoms with E-state index >= 15 is 0 Å². The summed E-state index contributed by atoms with van der Waals surface area (Å²) in [5.41, 5.74) is 0.201. The highest BCUT2D eigenvalue weighted by Crippen LogP contribution is 2.17. The second-order valence-electron chi connectivity index (χ2n) is 6.38. The van der Waals surface area contributed by atoms with Crippen LogP contribution in [0.15, 0.2) is 24.3 Å². The third-order valence-corrected chi connectivity index (χ3v) is 4.74. The zero-order chi connectivity index (χ0) is 19.4. The number of hydrogen-bond acceptors (Lipinski definition) is 5. The standard InChI is InChI=1S/C18H22FN3O5/c1-26-17(24)15-12-21(16(23)13-3-2-4-14(19)11-13)5-6-22(15)18(25)20-7-9-27-10-8-20/h2-4,11,15H,5-10,12H2,1H3/t15-/m1/s1. The van der Waals surface area contributed by atoms with Crippen LogP contribution < -0.4 is 0 Å². The lowest BCUT2D eigenvalue weighted by atomic mass is 10.1. The van der Waals surface area contributed by atoms with Crippen molar-refractivity contribution < 1.29 is 28.2 Å². The first-order chi connectivity index (χ1) is 13.0. The zero-order valence-electron chi connectivity index (χ0n) is 15.1. The maximum Gasteiger partial charge on any atom is 0.330 e. The van der Waals surface area contributed by atoms with Gasteiger partial charge >= 0.3 is 12.0 Å². The summed E-state index contributed by atoms with van der Waals surface area (Å²) in [4.78, 5) is 42.2. The smallest absolute Gasteiger partial charge is 0.330 e. The van der Waals surface area contributed by atoms with Crippen molar-refractivity contribution in [3.63, 3.8) is 0 Å². The molecule has 2 aliphatic heterocycles. The third-order valence-electron chi connectivity index (χ3n) is 4.74. The summed E-state index contributed by atoms with van der Waals surface area (Å²) in [7, 11) is 1.24. The van der Waals surface area contributed by atoms with Gasteiger partial charge < -0.3 is 24.2 Å². The summed E-state index contributed by atoms with van der Waals surface area (Å²) < 4.78 is 23.5. The van der Waals surface area contributed by atoms with Crippen molar-refractivity contribution in [2.24, 2.45) is 0 Å². The summed E-state index contributed by atoms with van der Waals surface area (Å²) in [5.74, 6) is -1.48. The zero-order valence-corrected chi connectivity index (χ0v) is 15.1. The molecule has 0 bridgehead atoms. The molecule has 3 amide bonds. The van der Waals surface area contributed by atoms with Crippen molar-refractivity contribution in [3.05, 3.63) is 35.6 Å². The number of carbonyl (C=O) groups excluding carboxylic acids is 3. The topological polar surface area (TPSA) is 79.4 Å². The molecular weight excluding hydrogens is 357 g/mol. The molecule has 8 nitrogen and oxygen atoms in total. The number of amides is 3. The van der Waals surface area contributed by atoms with Crippen LogP contribution >= 0.6 is 0 Å². The normalized spacial score (nSPS) is 20.4. The molecule has 0 N–H and O–H groups in total. The van der Waals surface area contributed by atoms with E-state index in [4.69, 9.17) is 9.47 Å². The van der Waals surface area contributed by atoms with Gasteiger partial charge in [0.15, 0.2) is 0 Å². The molecule has 27 heavy (non-hydrogen) atoms. The molecule has 1 aromatic rings. The fourth-order valence-electron chi connectivity index (χ4n) is 3.27. The number of piperazine rings is 1. The summed E-state index contributed by atoms with van der Waals surface area (Å²) >= 11 is 0. The Morgan fingerprint density at radius 1 is 1.11 bits per heavy atom. The lowest BCUT2D eigenvalue weighted by Gasteiger charge is -2.42. The molecule has 0 aliphatic carbocycles. The van der Waals surface area contributed by atoms with E-state index in [0.29, 0.717) is 26.3 Å². The van der Waals surface area contributed by atoms with Gasteiger partial charge in [-0.3, -0.25) is 4.79 Å². The highest BCUT2D eigenvalue weighted by Gasteiger charge is 2.39. The van der Waals surface area contributed by atoms with Crippen LogP contribution in [0.25, 0.3) is 0 Å². The lowest BCUT2D eigenvalue weighted by molar-refractivity contribution is -0.147. The van der Waals surface area contributed by atoms with Crippen molar-refractivity contribution in [1.29, 1.82) is 0 Å². The number of hydrogen-bond donors (Lipinski definition) is 0. The van der Waals surface area contributed by atoms with Crippen LogP contribution in [-0.4, -0.2) is 91.7 Å². The Bertz CT molecular complexity index is 723. The molecular formula is C18H22FN3O5. The Morgan fingerprint density at radius 2 is 1.85 bits per heavy atom. The molecule has 2 heterocycles. The number of esters is 1. The number of halogens is 1. The van der Waals surface area contributed by atoms with Crippen LogP contribution in [0, 0.1) is 5.82 Å². The molecule has 2 saturated heterocycles. The molecule has 1 atom stereocenters. The van der Waals surface area contributed by atoms with E-state index in [1.165, 1.54) is 35.1 Å². The summed E-state index contributed by atoms with van der Waals surface area (Å²) in [6, 6.07) is 4.21. The molecule has 0 saturated carbocycles. The molecule has 0 unspecified atom stereocenters. The van der Waals surface area contributed by atoms with Gasteiger partial charge in [0.25, 0.3) is 5.91 Å². The molecule has 0 aromatic heterocycles. The van der Waals surface area contributed by atoms with Gasteiger partial charge in [0, 0.05) is 31.7 Å². The van der Waals surface area contributed by atoms with Gasteiger partial charge in [0.05, 0.1) is 26.9 Å². The van der Waals surface area contributed by atoms with Gasteiger partial charge in [0.1, 0.15) is 11.9 Å². The van der Waals surface area contributed by atoms with Crippen LogP contribution in [0.1, 0.15) is 10.4 Å². The maximum absolute atomic E-state index is 13.4. The highest BCUT2D eigenvalue weighted by atomic mass is 19.1. The predicted octanol–water partition coefficient (Wildman–Crippen LogP) is 0.577. The molecule has 3 rings (SSSR count). The summed E-state index contributed by atoms with van der Waals surface area (Å²) in [6.45, 7) is 2.25. The first-order valence-electron chi connectivity index (χ1n) is 8.77. The fraction of sp³-hybridized carbons (Fsp3) is 0.500. The average molecular weight is 379 g/mol. The molecule has 146 valence electrons. The quantitative estimate of drug-likeness (QED) is 0.703. The first kappa shape index (κ1) is 19.1. The minimum atomic E-state index is -0.906. The number of methoxy groups -OCH3 is 1. The van der Waals surface area contributed by atoms with Gasteiger partial charge in [-0.15, -0.1) is 0 Å². The van der Waals surface area contributed by atoms with E-state index in [0.717, 1.165) is 6.07 Å². The lowest BCUT2D eigenvalue weighted by Crippen LogP contribution is -2.62. The Labute approximate surface area is 156 Å². The van der Waals surface area contributed by atoms with Crippen molar-refractivity contribution in [1.82, 2.24) is 14.7 Å². The molecule has 2 aliphatic rings. The SMILES string of the molecule is COC(=O)[C@H]1CN(C(=O)c2cccc(F)c2)CCN1C(=O)N1CCOCC1. The van der Waals surface area contributed by atoms with Crippen molar-refractivity contribution in [3.8, 4) is 0 Å². The van der Waals surface area contributed by atoms with Crippen molar-refractivity contribution in [2.45, 2.75) is 6.04 Å². The van der Waals surface area contributed by atoms with Crippen molar-refractivity contribution in [2.75, 3.05) is 53.0 Å². The summed E-state index contributed by atoms with van der Waals surface area (Å²) in [6.07, 6.45) is 0. The van der Waals surface area contributed by atoms with Gasteiger partial charge in [-0.25, -0.2) is 14.0 Å². The average Bonchev–Trinajstić information content (AvgIpc) is 2.72. The van der Waals surface area contributed by atoms with E-state index in [1.54, 1.807) is 4.90 Å². The molecule has 0 spiro atoms.